The van der Waals surface area contributed by atoms with Gasteiger partial charge in [-0.05, 0) is 131 Å². The minimum atomic E-state index is -2.14. The summed E-state index contributed by atoms with van der Waals surface area (Å²) in [5, 5.41) is 0.0358. The second kappa shape index (κ2) is 26.2. The van der Waals surface area contributed by atoms with Crippen molar-refractivity contribution in [3.05, 3.63) is 94.1 Å². The van der Waals surface area contributed by atoms with Crippen LogP contribution < -0.4 is 46.7 Å². The first-order chi connectivity index (χ1) is 32.3. The van der Waals surface area contributed by atoms with Crippen molar-refractivity contribution in [3.8, 4) is 57.5 Å². The van der Waals surface area contributed by atoms with Crippen LogP contribution in [0.4, 0.5) is 0 Å². The Labute approximate surface area is 449 Å². The lowest BCUT2D eigenvalue weighted by atomic mass is 9.92. The molecule has 4 aromatic carbocycles. The molecule has 406 valence electrons. The predicted molar refractivity (Wildman–Crippen MR) is 310 cm³/mol. The molecule has 4 aromatic rings. The maximum atomic E-state index is 13.1. The van der Waals surface area contributed by atoms with Crippen LogP contribution in [0, 0.1) is 0 Å². The summed E-state index contributed by atoms with van der Waals surface area (Å²) in [5.74, 6) is 5.92. The molecule has 73 heavy (non-hydrogen) atoms. The molecular weight excluding hydrogens is 1020 g/mol. The molecule has 0 saturated heterocycles. The second-order valence-corrected chi connectivity index (χ2v) is 30.5. The molecular formula is C58H87BrO12Si2. The Hall–Kier alpha value is -5.39. The highest BCUT2D eigenvalue weighted by Crippen LogP contribution is 2.50. The number of benzene rings is 4. The SMILES string of the molecule is C.C.C.C.COc1ccc(C2=CC(=O)C(Br)Cc3c2cc(OC)c(OC)c3OC)cc1O[Si](C)(C)C(C)(C)C.COc1ccc(C2=CC(=O)CCc3c2cc(OC)c(OC)c3OC)cc1O[Si](C)(C)C(C)(C)C. The largest absolute Gasteiger partial charge is 0.541 e. The third-order valence-corrected chi connectivity index (χ3v) is 23.1. The Morgan fingerprint density at radius 3 is 1.21 bits per heavy atom. The second-order valence-electron chi connectivity index (χ2n) is 20.0. The lowest BCUT2D eigenvalue weighted by Gasteiger charge is -2.37. The molecule has 0 bridgehead atoms. The molecule has 0 aliphatic heterocycles. The van der Waals surface area contributed by atoms with Crippen LogP contribution in [0.1, 0.15) is 111 Å². The van der Waals surface area contributed by atoms with E-state index < -0.39 is 21.5 Å². The number of alkyl halides is 1. The zero-order chi connectivity index (χ0) is 51.4. The molecule has 0 N–H and O–H groups in total. The van der Waals surface area contributed by atoms with Crippen molar-refractivity contribution in [2.75, 3.05) is 56.9 Å². The van der Waals surface area contributed by atoms with Crippen molar-refractivity contribution in [2.24, 2.45) is 0 Å². The Kier molecular flexibility index (Phi) is 23.6. The van der Waals surface area contributed by atoms with Gasteiger partial charge in [0.15, 0.2) is 46.1 Å². The lowest BCUT2D eigenvalue weighted by Crippen LogP contribution is -2.43. The fourth-order valence-corrected chi connectivity index (χ4v) is 10.2. The molecule has 2 aliphatic carbocycles. The van der Waals surface area contributed by atoms with Gasteiger partial charge < -0.3 is 46.7 Å². The third kappa shape index (κ3) is 13.9. The highest BCUT2D eigenvalue weighted by atomic mass is 79.9. The Morgan fingerprint density at radius 2 is 0.836 bits per heavy atom. The van der Waals surface area contributed by atoms with Gasteiger partial charge in [0, 0.05) is 17.5 Å². The average Bonchev–Trinajstić information content (AvgIpc) is 3.54. The zero-order valence-electron chi connectivity index (χ0n) is 43.7. The average molecular weight is 1110 g/mol. The van der Waals surface area contributed by atoms with Crippen molar-refractivity contribution in [3.63, 3.8) is 0 Å². The van der Waals surface area contributed by atoms with E-state index in [9.17, 15) is 9.59 Å². The van der Waals surface area contributed by atoms with E-state index in [1.165, 1.54) is 0 Å². The summed E-state index contributed by atoms with van der Waals surface area (Å²) in [5.41, 5.74) is 6.76. The number of fused-ring (bicyclic) bond motifs is 2. The first-order valence-electron chi connectivity index (χ1n) is 22.9. The number of halogens is 1. The first kappa shape index (κ1) is 65.6. The summed E-state index contributed by atoms with van der Waals surface area (Å²) < 4.78 is 58.4. The quantitative estimate of drug-likeness (QED) is 0.0881. The van der Waals surface area contributed by atoms with Gasteiger partial charge >= 0.3 is 0 Å². The van der Waals surface area contributed by atoms with Gasteiger partial charge in [0.05, 0.1) is 61.7 Å². The maximum absolute atomic E-state index is 13.1. The van der Waals surface area contributed by atoms with E-state index in [0.29, 0.717) is 76.8 Å². The number of ketones is 2. The number of carbonyl (C=O) groups excluding carboxylic acids is 2. The standard InChI is InChI=1S/C27H35BrO6Si.C27H36O6Si.4CH4/c1-27(2,3)35(8,9)34-23-12-16(10-11-22(23)30-4)17-14-21(29)20(28)13-19-18(17)15-24(31-5)26(33-7)25(19)32-6;1-27(2,3)34(8,9)33-23-14-17(10-13-22(23)29-4)20-15-18(28)11-12-19-21(20)16-24(30-5)26(32-7)25(19)31-6;;;;/h10-12,14-15,20H,13H2,1-9H3;10,13-16H,11-12H2,1-9H3;4*1H4. The van der Waals surface area contributed by atoms with Gasteiger partial charge in [-0.2, -0.15) is 0 Å². The first-order valence-corrected chi connectivity index (χ1v) is 29.6. The van der Waals surface area contributed by atoms with Gasteiger partial charge in [0.25, 0.3) is 16.6 Å². The molecule has 12 nitrogen and oxygen atoms in total. The van der Waals surface area contributed by atoms with E-state index in [4.69, 9.17) is 46.7 Å². The van der Waals surface area contributed by atoms with Crippen LogP contribution in [0.5, 0.6) is 57.5 Å². The van der Waals surface area contributed by atoms with Crippen LogP contribution in [-0.2, 0) is 22.4 Å². The minimum Gasteiger partial charge on any atom is -0.541 e. The number of ether oxygens (including phenoxy) is 8. The van der Waals surface area contributed by atoms with E-state index in [2.05, 4.69) is 83.7 Å². The summed E-state index contributed by atoms with van der Waals surface area (Å²) in [7, 11) is 8.53. The van der Waals surface area contributed by atoms with Gasteiger partial charge in [-0.15, -0.1) is 0 Å². The number of rotatable bonds is 14. The number of hydrogen-bond acceptors (Lipinski definition) is 12. The Bertz CT molecular complexity index is 2620. The van der Waals surface area contributed by atoms with E-state index in [-0.39, 0.29) is 51.3 Å². The van der Waals surface area contributed by atoms with Crippen molar-refractivity contribution in [1.29, 1.82) is 0 Å². The van der Waals surface area contributed by atoms with Crippen LogP contribution in [0.15, 0.2) is 60.7 Å². The molecule has 1 unspecified atom stereocenters. The van der Waals surface area contributed by atoms with E-state index in [0.717, 1.165) is 44.5 Å². The number of methoxy groups -OCH3 is 8. The summed E-state index contributed by atoms with van der Waals surface area (Å²) >= 11 is 3.56. The molecule has 0 saturated carbocycles. The van der Waals surface area contributed by atoms with Crippen LogP contribution in [0.3, 0.4) is 0 Å². The van der Waals surface area contributed by atoms with E-state index in [1.807, 2.05) is 48.5 Å². The summed E-state index contributed by atoms with van der Waals surface area (Å²) in [6.07, 6.45) is 4.75. The molecule has 0 aromatic heterocycles. The van der Waals surface area contributed by atoms with Crippen LogP contribution >= 0.6 is 15.9 Å². The summed E-state index contributed by atoms with van der Waals surface area (Å²) in [6.45, 7) is 22.0. The smallest absolute Gasteiger partial charge is 0.250 e. The molecule has 6 rings (SSSR count). The van der Waals surface area contributed by atoms with Crippen molar-refractivity contribution in [2.45, 2.75) is 132 Å². The monoisotopic (exact) mass is 1110 g/mol. The van der Waals surface area contributed by atoms with Crippen molar-refractivity contribution >= 4 is 55.3 Å². The maximum Gasteiger partial charge on any atom is 0.250 e. The van der Waals surface area contributed by atoms with Crippen LogP contribution in [0.2, 0.25) is 36.3 Å². The summed E-state index contributed by atoms with van der Waals surface area (Å²) in [6, 6.07) is 15.4. The predicted octanol–water partition coefficient (Wildman–Crippen LogP) is 15.0. The summed E-state index contributed by atoms with van der Waals surface area (Å²) in [4.78, 5) is 25.5. The molecule has 1 atom stereocenters. The van der Waals surface area contributed by atoms with Gasteiger partial charge in [-0.25, -0.2) is 0 Å². The van der Waals surface area contributed by atoms with Crippen LogP contribution in [0.25, 0.3) is 11.1 Å². The van der Waals surface area contributed by atoms with Crippen molar-refractivity contribution in [1.82, 2.24) is 0 Å². The molecule has 0 amide bonds. The van der Waals surface area contributed by atoms with Crippen molar-refractivity contribution < 1.29 is 56.3 Å². The minimum absolute atomic E-state index is 0. The molecule has 15 heteroatoms. The molecule has 2 aliphatic rings. The van der Waals surface area contributed by atoms with Gasteiger partial charge in [-0.3, -0.25) is 9.59 Å². The highest BCUT2D eigenvalue weighted by Gasteiger charge is 2.41. The number of carbonyl (C=O) groups is 2. The topological polar surface area (TPSA) is 126 Å². The van der Waals surface area contributed by atoms with E-state index in [1.54, 1.807) is 69.0 Å². The Balaban J connectivity index is 0.000000692. The fraction of sp³-hybridized carbons (Fsp3) is 0.483. The molecule has 0 fully saturated rings. The van der Waals surface area contributed by atoms with E-state index >= 15 is 0 Å². The molecule has 0 radical (unpaired) electrons. The van der Waals surface area contributed by atoms with Gasteiger partial charge in [0.1, 0.15) is 11.5 Å². The van der Waals surface area contributed by atoms with Gasteiger partial charge in [0.2, 0.25) is 11.5 Å². The molecule has 0 spiro atoms. The lowest BCUT2D eigenvalue weighted by molar-refractivity contribution is -0.115. The Morgan fingerprint density at radius 1 is 0.466 bits per heavy atom. The molecule has 0 heterocycles. The zero-order valence-corrected chi connectivity index (χ0v) is 47.3. The van der Waals surface area contributed by atoms with Gasteiger partial charge in [-0.1, -0.05) is 99.3 Å². The normalized spacial score (nSPS) is 14.3. The van der Waals surface area contributed by atoms with Crippen LogP contribution in [-0.4, -0.2) is 89.9 Å². The number of allylic oxidation sites excluding steroid dienone is 2. The number of hydrogen-bond donors (Lipinski definition) is 0. The fourth-order valence-electron chi connectivity index (χ4n) is 7.69. The highest BCUT2D eigenvalue weighted by molar-refractivity contribution is 9.10. The third-order valence-electron chi connectivity index (χ3n) is 13.6.